The van der Waals surface area contributed by atoms with E-state index in [0.717, 1.165) is 12.8 Å². The number of benzene rings is 1. The third-order valence-corrected chi connectivity index (χ3v) is 2.78. The van der Waals surface area contributed by atoms with Crippen LogP contribution >= 0.6 is 0 Å². The van der Waals surface area contributed by atoms with Gasteiger partial charge in [0.1, 0.15) is 12.5 Å². The second-order valence-corrected chi connectivity index (χ2v) is 4.05. The van der Waals surface area contributed by atoms with Gasteiger partial charge < -0.3 is 5.73 Å². The largest absolute Gasteiger partial charge is 0.325 e. The Labute approximate surface area is 81.9 Å². The Morgan fingerprint density at radius 1 is 1.36 bits per heavy atom. The van der Waals surface area contributed by atoms with Crippen molar-refractivity contribution in [2.75, 3.05) is 0 Å². The molecule has 76 valence electrons. The average molecular weight is 197 g/mol. The van der Waals surface area contributed by atoms with Crippen molar-refractivity contribution in [3.63, 3.8) is 0 Å². The van der Waals surface area contributed by atoms with Crippen LogP contribution in [-0.4, -0.2) is 5.54 Å². The molecule has 0 atom stereocenters. The van der Waals surface area contributed by atoms with Crippen molar-refractivity contribution in [1.82, 2.24) is 0 Å². The van der Waals surface area contributed by atoms with E-state index >= 15 is 0 Å². The first-order valence-corrected chi connectivity index (χ1v) is 4.76. The van der Waals surface area contributed by atoms with Gasteiger partial charge in [0.2, 0.25) is 0 Å². The highest BCUT2D eigenvalue weighted by molar-refractivity contribution is 5.31. The van der Waals surface area contributed by atoms with Crippen molar-refractivity contribution in [3.8, 4) is 0 Å². The van der Waals surface area contributed by atoms with Crippen LogP contribution in [0.25, 0.3) is 0 Å². The molecular weight excluding hydrogens is 184 g/mol. The van der Waals surface area contributed by atoms with Crippen LogP contribution in [0, 0.1) is 5.82 Å². The summed E-state index contributed by atoms with van der Waals surface area (Å²) in [6, 6.07) is 4.65. The lowest BCUT2D eigenvalue weighted by atomic mass is 9.99. The molecule has 1 aromatic rings. The Bertz CT molecular complexity index is 345. The van der Waals surface area contributed by atoms with Crippen LogP contribution in [-0.2, 0) is 13.1 Å². The molecule has 1 nitrogen and oxygen atoms in total. The molecule has 0 bridgehead atoms. The number of halogens is 2. The molecular formula is C11H13F2N. The van der Waals surface area contributed by atoms with Gasteiger partial charge in [0.05, 0.1) is 0 Å². The molecule has 0 saturated heterocycles. The molecule has 0 unspecified atom stereocenters. The van der Waals surface area contributed by atoms with Crippen molar-refractivity contribution >= 4 is 0 Å². The first-order valence-electron chi connectivity index (χ1n) is 4.76. The second kappa shape index (κ2) is 3.31. The zero-order valence-corrected chi connectivity index (χ0v) is 7.89. The molecule has 0 amide bonds. The first kappa shape index (κ1) is 9.59. The zero-order chi connectivity index (χ0) is 10.2. The molecule has 1 fully saturated rings. The van der Waals surface area contributed by atoms with E-state index in [2.05, 4.69) is 0 Å². The summed E-state index contributed by atoms with van der Waals surface area (Å²) in [5.41, 5.74) is 6.60. The van der Waals surface area contributed by atoms with Gasteiger partial charge in [0.25, 0.3) is 0 Å². The molecule has 1 saturated carbocycles. The van der Waals surface area contributed by atoms with Crippen molar-refractivity contribution in [1.29, 1.82) is 0 Å². The van der Waals surface area contributed by atoms with E-state index in [-0.39, 0.29) is 11.1 Å². The molecule has 1 aromatic carbocycles. The van der Waals surface area contributed by atoms with Crippen molar-refractivity contribution < 1.29 is 8.78 Å². The Kier molecular flexibility index (Phi) is 2.27. The smallest absolute Gasteiger partial charge is 0.129 e. The summed E-state index contributed by atoms with van der Waals surface area (Å²) in [6.07, 6.45) is 2.49. The number of alkyl halides is 1. The maximum Gasteiger partial charge on any atom is 0.129 e. The van der Waals surface area contributed by atoms with E-state index in [4.69, 9.17) is 5.73 Å². The molecule has 14 heavy (non-hydrogen) atoms. The molecule has 0 radical (unpaired) electrons. The molecule has 2 rings (SSSR count). The third-order valence-electron chi connectivity index (χ3n) is 2.78. The van der Waals surface area contributed by atoms with E-state index in [9.17, 15) is 8.78 Å². The Morgan fingerprint density at radius 3 is 2.64 bits per heavy atom. The molecule has 1 aliphatic rings. The number of rotatable bonds is 3. The highest BCUT2D eigenvalue weighted by Crippen LogP contribution is 2.36. The van der Waals surface area contributed by atoms with E-state index in [0.29, 0.717) is 12.0 Å². The Hall–Kier alpha value is -0.960. The lowest BCUT2D eigenvalue weighted by molar-refractivity contribution is 0.458. The fraction of sp³-hybridized carbons (Fsp3) is 0.455. The lowest BCUT2D eigenvalue weighted by Crippen LogP contribution is -2.25. The fourth-order valence-corrected chi connectivity index (χ4v) is 1.64. The summed E-state index contributed by atoms with van der Waals surface area (Å²) in [4.78, 5) is 0. The van der Waals surface area contributed by atoms with Gasteiger partial charge in [0.15, 0.2) is 0 Å². The number of hydrogen-bond acceptors (Lipinski definition) is 1. The number of hydrogen-bond donors (Lipinski definition) is 1. The molecule has 1 aliphatic carbocycles. The molecule has 0 spiro atoms. The van der Waals surface area contributed by atoms with Crippen LogP contribution in [0.4, 0.5) is 8.78 Å². The molecule has 3 heteroatoms. The van der Waals surface area contributed by atoms with Gasteiger partial charge in [-0.3, -0.25) is 0 Å². The lowest BCUT2D eigenvalue weighted by Gasteiger charge is -2.12. The SMILES string of the molecule is NC1(Cc2cccc(F)c2CF)CC1. The third kappa shape index (κ3) is 1.77. The normalized spacial score (nSPS) is 18.2. The summed E-state index contributed by atoms with van der Waals surface area (Å²) in [5, 5.41) is 0. The fourth-order valence-electron chi connectivity index (χ4n) is 1.64. The van der Waals surface area contributed by atoms with E-state index < -0.39 is 12.5 Å². The Morgan fingerprint density at radius 2 is 2.07 bits per heavy atom. The predicted molar refractivity (Wildman–Crippen MR) is 51.1 cm³/mol. The second-order valence-electron chi connectivity index (χ2n) is 4.05. The maximum atomic E-state index is 13.2. The highest BCUT2D eigenvalue weighted by atomic mass is 19.1. The zero-order valence-electron chi connectivity index (χ0n) is 7.89. The van der Waals surface area contributed by atoms with Gasteiger partial charge in [-0.1, -0.05) is 12.1 Å². The van der Waals surface area contributed by atoms with Crippen LogP contribution in [0.3, 0.4) is 0 Å². The van der Waals surface area contributed by atoms with Gasteiger partial charge in [-0.15, -0.1) is 0 Å². The molecule has 0 heterocycles. The van der Waals surface area contributed by atoms with Gasteiger partial charge in [0, 0.05) is 11.1 Å². The van der Waals surface area contributed by atoms with E-state index in [1.165, 1.54) is 6.07 Å². The van der Waals surface area contributed by atoms with Crippen LogP contribution < -0.4 is 5.73 Å². The molecule has 0 aliphatic heterocycles. The summed E-state index contributed by atoms with van der Waals surface area (Å²) in [6.45, 7) is -0.752. The minimum atomic E-state index is -0.752. The summed E-state index contributed by atoms with van der Waals surface area (Å²) in [7, 11) is 0. The van der Waals surface area contributed by atoms with Crippen molar-refractivity contribution in [2.24, 2.45) is 5.73 Å². The topological polar surface area (TPSA) is 26.0 Å². The van der Waals surface area contributed by atoms with Crippen LogP contribution in [0.5, 0.6) is 0 Å². The summed E-state index contributed by atoms with van der Waals surface area (Å²) >= 11 is 0. The van der Waals surface area contributed by atoms with Crippen LogP contribution in [0.15, 0.2) is 18.2 Å². The van der Waals surface area contributed by atoms with Gasteiger partial charge >= 0.3 is 0 Å². The monoisotopic (exact) mass is 197 g/mol. The van der Waals surface area contributed by atoms with Crippen molar-refractivity contribution in [3.05, 3.63) is 35.1 Å². The Balaban J connectivity index is 2.27. The van der Waals surface area contributed by atoms with E-state index in [1.54, 1.807) is 12.1 Å². The van der Waals surface area contributed by atoms with Crippen molar-refractivity contribution in [2.45, 2.75) is 31.5 Å². The first-order chi connectivity index (χ1) is 6.64. The number of nitrogens with two attached hydrogens (primary N) is 1. The molecule has 2 N–H and O–H groups in total. The van der Waals surface area contributed by atoms with Crippen LogP contribution in [0.1, 0.15) is 24.0 Å². The molecule has 0 aromatic heterocycles. The van der Waals surface area contributed by atoms with Gasteiger partial charge in [-0.2, -0.15) is 0 Å². The minimum absolute atomic E-state index is 0.171. The standard InChI is InChI=1S/C11H13F2N/c12-7-9-8(2-1-3-10(9)13)6-11(14)4-5-11/h1-3H,4-7,14H2. The quantitative estimate of drug-likeness (QED) is 0.790. The van der Waals surface area contributed by atoms with Crippen LogP contribution in [0.2, 0.25) is 0 Å². The minimum Gasteiger partial charge on any atom is -0.325 e. The van der Waals surface area contributed by atoms with Gasteiger partial charge in [-0.05, 0) is 30.9 Å². The maximum absolute atomic E-state index is 13.2. The predicted octanol–water partition coefficient (Wildman–Crippen LogP) is 2.33. The van der Waals surface area contributed by atoms with E-state index in [1.807, 2.05) is 0 Å². The highest BCUT2D eigenvalue weighted by Gasteiger charge is 2.38. The summed E-state index contributed by atoms with van der Waals surface area (Å²) < 4.78 is 25.7. The summed E-state index contributed by atoms with van der Waals surface area (Å²) in [5.74, 6) is -0.464. The van der Waals surface area contributed by atoms with Gasteiger partial charge in [-0.25, -0.2) is 8.78 Å². The average Bonchev–Trinajstić information content (AvgIpc) is 2.84.